The Hall–Kier alpha value is -2.38. The molecule has 0 aliphatic rings. The van der Waals surface area contributed by atoms with Crippen LogP contribution in [0.2, 0.25) is 0 Å². The van der Waals surface area contributed by atoms with Crippen LogP contribution < -0.4 is 0 Å². The molecule has 148 valence electrons. The van der Waals surface area contributed by atoms with E-state index >= 15 is 0 Å². The van der Waals surface area contributed by atoms with Crippen LogP contribution in [-0.2, 0) is 20.3 Å². The number of pyridine rings is 1. The molecular formula is C21H26FN5S. The van der Waals surface area contributed by atoms with Gasteiger partial charge in [-0.1, -0.05) is 31.9 Å². The fraction of sp³-hybridized carbons (Fsp3) is 0.381. The van der Waals surface area contributed by atoms with Gasteiger partial charge >= 0.3 is 0 Å². The minimum atomic E-state index is -0.213. The second-order valence-electron chi connectivity index (χ2n) is 6.93. The van der Waals surface area contributed by atoms with Crippen molar-refractivity contribution in [2.45, 2.75) is 39.4 Å². The van der Waals surface area contributed by atoms with Crippen LogP contribution >= 0.6 is 12.2 Å². The van der Waals surface area contributed by atoms with Gasteiger partial charge in [-0.05, 0) is 48.5 Å². The maximum atomic E-state index is 13.2. The van der Waals surface area contributed by atoms with Crippen LogP contribution in [0.15, 0.2) is 48.8 Å². The molecule has 0 saturated carbocycles. The maximum Gasteiger partial charge on any atom is 0.199 e. The van der Waals surface area contributed by atoms with E-state index in [0.717, 1.165) is 36.5 Å². The molecule has 0 aliphatic heterocycles. The summed E-state index contributed by atoms with van der Waals surface area (Å²) in [7, 11) is 1.93. The van der Waals surface area contributed by atoms with E-state index in [1.807, 2.05) is 40.6 Å². The second kappa shape index (κ2) is 9.71. The van der Waals surface area contributed by atoms with E-state index in [1.54, 1.807) is 12.4 Å². The molecule has 7 heteroatoms. The van der Waals surface area contributed by atoms with Gasteiger partial charge in [0, 0.05) is 38.1 Å². The van der Waals surface area contributed by atoms with Crippen molar-refractivity contribution in [1.82, 2.24) is 24.2 Å². The van der Waals surface area contributed by atoms with Gasteiger partial charge in [0.05, 0.1) is 6.67 Å². The highest BCUT2D eigenvalue weighted by molar-refractivity contribution is 7.71. The average Bonchev–Trinajstić information content (AvgIpc) is 2.99. The van der Waals surface area contributed by atoms with Crippen molar-refractivity contribution in [3.63, 3.8) is 0 Å². The first-order valence-corrected chi connectivity index (χ1v) is 10.0. The topological polar surface area (TPSA) is 38.9 Å². The Morgan fingerprint density at radius 1 is 1.07 bits per heavy atom. The quantitative estimate of drug-likeness (QED) is 0.383. The molecule has 2 aromatic heterocycles. The van der Waals surface area contributed by atoms with E-state index < -0.39 is 0 Å². The molecule has 0 radical (unpaired) electrons. The number of nitrogens with zero attached hydrogens (tertiary/aromatic N) is 5. The third kappa shape index (κ3) is 5.11. The Balaban J connectivity index is 1.81. The molecular weight excluding hydrogens is 373 g/mol. The monoisotopic (exact) mass is 399 g/mol. The van der Waals surface area contributed by atoms with Crippen molar-refractivity contribution in [3.05, 3.63) is 64.9 Å². The third-order valence-corrected chi connectivity index (χ3v) is 5.20. The molecule has 28 heavy (non-hydrogen) atoms. The fourth-order valence-electron chi connectivity index (χ4n) is 3.16. The van der Waals surface area contributed by atoms with Crippen molar-refractivity contribution in [2.24, 2.45) is 7.05 Å². The van der Waals surface area contributed by atoms with E-state index in [-0.39, 0.29) is 5.82 Å². The van der Waals surface area contributed by atoms with Crippen molar-refractivity contribution < 1.29 is 4.39 Å². The molecule has 3 aromatic rings. The molecule has 3 rings (SSSR count). The summed E-state index contributed by atoms with van der Waals surface area (Å²) in [4.78, 5) is 6.38. The van der Waals surface area contributed by atoms with Crippen LogP contribution in [0.4, 0.5) is 4.39 Å². The molecule has 0 atom stereocenters. The summed E-state index contributed by atoms with van der Waals surface area (Å²) in [6.45, 7) is 4.46. The van der Waals surface area contributed by atoms with Gasteiger partial charge < -0.3 is 4.57 Å². The van der Waals surface area contributed by atoms with Crippen molar-refractivity contribution >= 4 is 12.2 Å². The number of unbranched alkanes of at least 4 members (excludes halogenated alkanes) is 2. The second-order valence-corrected chi connectivity index (χ2v) is 7.29. The molecule has 0 amide bonds. The van der Waals surface area contributed by atoms with Gasteiger partial charge in [-0.3, -0.25) is 9.88 Å². The zero-order chi connectivity index (χ0) is 19.9. The lowest BCUT2D eigenvalue weighted by molar-refractivity contribution is 0.193. The normalized spacial score (nSPS) is 11.3. The Kier molecular flexibility index (Phi) is 7.06. The summed E-state index contributed by atoms with van der Waals surface area (Å²) in [5, 5.41) is 4.75. The largest absolute Gasteiger partial charge is 0.303 e. The first-order chi connectivity index (χ1) is 13.6. The van der Waals surface area contributed by atoms with Crippen LogP contribution in [0.25, 0.3) is 11.4 Å². The first kappa shape index (κ1) is 20.4. The fourth-order valence-corrected chi connectivity index (χ4v) is 3.34. The molecule has 0 fully saturated rings. The zero-order valence-electron chi connectivity index (χ0n) is 16.4. The van der Waals surface area contributed by atoms with E-state index in [0.29, 0.717) is 11.4 Å². The van der Waals surface area contributed by atoms with Crippen molar-refractivity contribution in [1.29, 1.82) is 0 Å². The van der Waals surface area contributed by atoms with E-state index in [4.69, 9.17) is 17.3 Å². The Morgan fingerprint density at radius 2 is 1.79 bits per heavy atom. The highest BCUT2D eigenvalue weighted by atomic mass is 32.1. The highest BCUT2D eigenvalue weighted by Crippen LogP contribution is 2.17. The van der Waals surface area contributed by atoms with Crippen LogP contribution in [0.1, 0.15) is 31.7 Å². The lowest BCUT2D eigenvalue weighted by atomic mass is 10.2. The summed E-state index contributed by atoms with van der Waals surface area (Å²) in [5.41, 5.74) is 2.06. The number of halogens is 1. The number of benzene rings is 1. The smallest absolute Gasteiger partial charge is 0.199 e. The van der Waals surface area contributed by atoms with E-state index in [2.05, 4.69) is 16.8 Å². The van der Waals surface area contributed by atoms with Gasteiger partial charge in [-0.2, -0.15) is 5.10 Å². The van der Waals surface area contributed by atoms with Gasteiger partial charge in [0.1, 0.15) is 5.82 Å². The molecule has 2 heterocycles. The van der Waals surface area contributed by atoms with Gasteiger partial charge in [0.25, 0.3) is 0 Å². The average molecular weight is 400 g/mol. The molecule has 1 aromatic carbocycles. The predicted molar refractivity (Wildman–Crippen MR) is 112 cm³/mol. The summed E-state index contributed by atoms with van der Waals surface area (Å²) in [5.74, 6) is 0.609. The highest BCUT2D eigenvalue weighted by Gasteiger charge is 2.13. The zero-order valence-corrected chi connectivity index (χ0v) is 17.2. The van der Waals surface area contributed by atoms with Crippen LogP contribution in [0.3, 0.4) is 0 Å². The van der Waals surface area contributed by atoms with Gasteiger partial charge in [-0.15, -0.1) is 0 Å². The van der Waals surface area contributed by atoms with E-state index in [9.17, 15) is 4.39 Å². The predicted octanol–water partition coefficient (Wildman–Crippen LogP) is 4.80. The summed E-state index contributed by atoms with van der Waals surface area (Å²) in [6, 6.07) is 10.5. The number of aromatic nitrogens is 4. The van der Waals surface area contributed by atoms with Crippen LogP contribution in [0, 0.1) is 10.6 Å². The number of hydrogen-bond donors (Lipinski definition) is 0. The number of rotatable bonds is 9. The van der Waals surface area contributed by atoms with E-state index in [1.165, 1.54) is 25.0 Å². The van der Waals surface area contributed by atoms with Crippen LogP contribution in [-0.4, -0.2) is 30.8 Å². The molecule has 5 nitrogen and oxygen atoms in total. The lowest BCUT2D eigenvalue weighted by Gasteiger charge is -2.22. The Bertz CT molecular complexity index is 934. The Morgan fingerprint density at radius 3 is 2.46 bits per heavy atom. The standard InChI is InChI=1S/C21H26FN5S/c1-3-4-5-14-26(15-17-6-8-19(22)9-7-17)16-27-21(28)25(2)20(24-27)18-10-12-23-13-11-18/h6-13H,3-5,14-16H2,1-2H3. The lowest BCUT2D eigenvalue weighted by Crippen LogP contribution is -2.28. The molecule has 0 bridgehead atoms. The first-order valence-electron chi connectivity index (χ1n) is 9.59. The maximum absolute atomic E-state index is 13.2. The van der Waals surface area contributed by atoms with Gasteiger partial charge in [0.15, 0.2) is 10.6 Å². The summed E-state index contributed by atoms with van der Waals surface area (Å²) < 4.78 is 17.7. The molecule has 0 saturated heterocycles. The molecule has 0 N–H and O–H groups in total. The van der Waals surface area contributed by atoms with Crippen molar-refractivity contribution in [2.75, 3.05) is 6.54 Å². The van der Waals surface area contributed by atoms with Gasteiger partial charge in [0.2, 0.25) is 0 Å². The summed E-state index contributed by atoms with van der Waals surface area (Å²) >= 11 is 5.62. The molecule has 0 spiro atoms. The molecule has 0 unspecified atom stereocenters. The Labute approximate surface area is 170 Å². The van der Waals surface area contributed by atoms with Crippen molar-refractivity contribution in [3.8, 4) is 11.4 Å². The third-order valence-electron chi connectivity index (χ3n) is 4.71. The van der Waals surface area contributed by atoms with Crippen LogP contribution in [0.5, 0.6) is 0 Å². The minimum Gasteiger partial charge on any atom is -0.303 e. The molecule has 0 aliphatic carbocycles. The van der Waals surface area contributed by atoms with Gasteiger partial charge in [-0.25, -0.2) is 9.07 Å². The summed E-state index contributed by atoms with van der Waals surface area (Å²) in [6.07, 6.45) is 6.95. The number of hydrogen-bond acceptors (Lipinski definition) is 4. The minimum absolute atomic E-state index is 0.213. The SMILES string of the molecule is CCCCCN(Cc1ccc(F)cc1)Cn1nc(-c2ccncc2)n(C)c1=S.